The number of rotatable bonds is 4. The van der Waals surface area contributed by atoms with E-state index in [0.717, 1.165) is 16.7 Å². The van der Waals surface area contributed by atoms with Gasteiger partial charge in [-0.15, -0.1) is 0 Å². The third kappa shape index (κ3) is 4.77. The summed E-state index contributed by atoms with van der Waals surface area (Å²) in [5.74, 6) is -0.329. The fraction of sp³-hybridized carbons (Fsp3) is 0.480. The fourth-order valence-electron chi connectivity index (χ4n) is 5.18. The predicted octanol–water partition coefficient (Wildman–Crippen LogP) is 3.50. The number of carbonyl (C=O) groups excluding carboxylic acids is 1. The SMILES string of the molecule is Cc1cc(C)c(S(=O)(=O)N2CCC(C(=O)N3CCN(c4ccccc4F)CC3)CC2)c(C)c1. The number of sulfonamides is 1. The van der Waals surface area contributed by atoms with Crippen LogP contribution in [0.25, 0.3) is 0 Å². The second-order valence-corrected chi connectivity index (χ2v) is 11.0. The topological polar surface area (TPSA) is 60.9 Å². The van der Waals surface area contributed by atoms with Gasteiger partial charge < -0.3 is 9.80 Å². The highest BCUT2D eigenvalue weighted by Crippen LogP contribution is 2.30. The number of hydrogen-bond acceptors (Lipinski definition) is 4. The van der Waals surface area contributed by atoms with Crippen LogP contribution in [0.3, 0.4) is 0 Å². The van der Waals surface area contributed by atoms with Gasteiger partial charge in [-0.05, 0) is 56.9 Å². The van der Waals surface area contributed by atoms with Crippen molar-refractivity contribution in [1.29, 1.82) is 0 Å². The van der Waals surface area contributed by atoms with Crippen LogP contribution in [0.4, 0.5) is 10.1 Å². The maximum Gasteiger partial charge on any atom is 0.243 e. The van der Waals surface area contributed by atoms with Crippen LogP contribution < -0.4 is 4.90 Å². The van der Waals surface area contributed by atoms with Gasteiger partial charge in [0, 0.05) is 45.2 Å². The molecule has 8 heteroatoms. The summed E-state index contributed by atoms with van der Waals surface area (Å²) in [5.41, 5.74) is 3.14. The van der Waals surface area contributed by atoms with Crippen molar-refractivity contribution in [3.8, 4) is 0 Å². The number of piperazine rings is 1. The Labute approximate surface area is 196 Å². The average molecular weight is 474 g/mol. The molecule has 0 bridgehead atoms. The van der Waals surface area contributed by atoms with E-state index in [2.05, 4.69) is 0 Å². The molecular formula is C25H32FN3O3S. The van der Waals surface area contributed by atoms with Crippen LogP contribution >= 0.6 is 0 Å². The van der Waals surface area contributed by atoms with Gasteiger partial charge >= 0.3 is 0 Å². The van der Waals surface area contributed by atoms with Crippen molar-refractivity contribution in [3.05, 3.63) is 58.9 Å². The molecule has 0 radical (unpaired) electrons. The summed E-state index contributed by atoms with van der Waals surface area (Å²) in [6.07, 6.45) is 1.05. The largest absolute Gasteiger partial charge is 0.366 e. The van der Waals surface area contributed by atoms with Gasteiger partial charge in [-0.3, -0.25) is 4.79 Å². The highest BCUT2D eigenvalue weighted by atomic mass is 32.2. The first-order valence-corrected chi connectivity index (χ1v) is 13.0. The Kier molecular flexibility index (Phi) is 6.77. The van der Waals surface area contributed by atoms with Crippen LogP contribution in [-0.2, 0) is 14.8 Å². The summed E-state index contributed by atoms with van der Waals surface area (Å²) in [7, 11) is -3.59. The van der Waals surface area contributed by atoms with Crippen LogP contribution in [-0.4, -0.2) is 62.8 Å². The number of hydrogen-bond donors (Lipinski definition) is 0. The van der Waals surface area contributed by atoms with Crippen molar-refractivity contribution in [1.82, 2.24) is 9.21 Å². The molecule has 2 fully saturated rings. The number of benzene rings is 2. The van der Waals surface area contributed by atoms with Crippen LogP contribution in [0.2, 0.25) is 0 Å². The number of para-hydroxylation sites is 1. The Bertz CT molecular complexity index is 1110. The maximum atomic E-state index is 14.1. The average Bonchev–Trinajstić information content (AvgIpc) is 2.78. The van der Waals surface area contributed by atoms with Gasteiger partial charge in [0.05, 0.1) is 10.6 Å². The number of halogens is 1. The molecule has 2 aromatic carbocycles. The first-order valence-electron chi connectivity index (χ1n) is 11.5. The summed E-state index contributed by atoms with van der Waals surface area (Å²) in [4.78, 5) is 17.3. The van der Waals surface area contributed by atoms with Gasteiger partial charge in [-0.2, -0.15) is 4.31 Å². The molecule has 0 N–H and O–H groups in total. The van der Waals surface area contributed by atoms with E-state index < -0.39 is 10.0 Å². The Balaban J connectivity index is 1.36. The second kappa shape index (κ2) is 9.43. The zero-order chi connectivity index (χ0) is 23.8. The standard InChI is InChI=1S/C25H32FN3O3S/c1-18-16-19(2)24(20(3)17-18)33(31,32)29-10-8-21(9-11-29)25(30)28-14-12-27(13-15-28)23-7-5-4-6-22(23)26/h4-7,16-17,21H,8-15H2,1-3H3. The van der Waals surface area contributed by atoms with Crippen molar-refractivity contribution >= 4 is 21.6 Å². The summed E-state index contributed by atoms with van der Waals surface area (Å²) < 4.78 is 42.2. The highest BCUT2D eigenvalue weighted by Gasteiger charge is 2.35. The molecule has 2 aliphatic heterocycles. The lowest BCUT2D eigenvalue weighted by Crippen LogP contribution is -2.52. The molecular weight excluding hydrogens is 441 g/mol. The van der Waals surface area contributed by atoms with E-state index in [0.29, 0.717) is 62.7 Å². The van der Waals surface area contributed by atoms with Gasteiger partial charge in [-0.1, -0.05) is 29.8 Å². The van der Waals surface area contributed by atoms with Crippen molar-refractivity contribution in [2.24, 2.45) is 5.92 Å². The van der Waals surface area contributed by atoms with Gasteiger partial charge in [0.2, 0.25) is 15.9 Å². The van der Waals surface area contributed by atoms with E-state index >= 15 is 0 Å². The van der Waals surface area contributed by atoms with E-state index in [1.807, 2.05) is 48.8 Å². The van der Waals surface area contributed by atoms with E-state index in [9.17, 15) is 17.6 Å². The molecule has 0 aromatic heterocycles. The quantitative estimate of drug-likeness (QED) is 0.682. The molecule has 33 heavy (non-hydrogen) atoms. The third-order valence-electron chi connectivity index (χ3n) is 6.79. The van der Waals surface area contributed by atoms with Crippen molar-refractivity contribution in [2.45, 2.75) is 38.5 Å². The Hall–Kier alpha value is -2.45. The zero-order valence-corrected chi connectivity index (χ0v) is 20.4. The number of piperidine rings is 1. The molecule has 0 saturated carbocycles. The normalized spacial score (nSPS) is 18.5. The second-order valence-electron chi connectivity index (χ2n) is 9.17. The smallest absolute Gasteiger partial charge is 0.243 e. The summed E-state index contributed by atoms with van der Waals surface area (Å²) in [6.45, 7) is 8.61. The lowest BCUT2D eigenvalue weighted by Gasteiger charge is -2.39. The first-order chi connectivity index (χ1) is 15.7. The minimum atomic E-state index is -3.59. The molecule has 178 valence electrons. The molecule has 2 heterocycles. The fourth-order valence-corrected chi connectivity index (χ4v) is 7.06. The number of nitrogens with zero attached hydrogens (tertiary/aromatic N) is 3. The molecule has 0 spiro atoms. The molecule has 0 unspecified atom stereocenters. The molecule has 4 rings (SSSR count). The monoisotopic (exact) mass is 473 g/mol. The molecule has 1 amide bonds. The third-order valence-corrected chi connectivity index (χ3v) is 9.00. The van der Waals surface area contributed by atoms with Crippen LogP contribution in [0.15, 0.2) is 41.3 Å². The van der Waals surface area contributed by atoms with Gasteiger partial charge in [0.25, 0.3) is 0 Å². The number of carbonyl (C=O) groups is 1. The molecule has 6 nitrogen and oxygen atoms in total. The Morgan fingerprint density at radius 2 is 1.48 bits per heavy atom. The van der Waals surface area contributed by atoms with Crippen molar-refractivity contribution in [2.75, 3.05) is 44.2 Å². The Morgan fingerprint density at radius 1 is 0.909 bits per heavy atom. The van der Waals surface area contributed by atoms with Crippen molar-refractivity contribution < 1.29 is 17.6 Å². The van der Waals surface area contributed by atoms with Crippen LogP contribution in [0.1, 0.15) is 29.5 Å². The Morgan fingerprint density at radius 3 is 2.06 bits per heavy atom. The molecule has 2 saturated heterocycles. The molecule has 2 aliphatic rings. The van der Waals surface area contributed by atoms with E-state index in [1.165, 1.54) is 10.4 Å². The van der Waals surface area contributed by atoms with Crippen molar-refractivity contribution in [3.63, 3.8) is 0 Å². The molecule has 2 aromatic rings. The minimum absolute atomic E-state index is 0.0860. The van der Waals surface area contributed by atoms with Gasteiger partial charge in [0.1, 0.15) is 5.82 Å². The van der Waals surface area contributed by atoms with E-state index in [1.54, 1.807) is 12.1 Å². The van der Waals surface area contributed by atoms with E-state index in [4.69, 9.17) is 0 Å². The number of anilines is 1. The molecule has 0 atom stereocenters. The predicted molar refractivity (Wildman–Crippen MR) is 127 cm³/mol. The molecule has 0 aliphatic carbocycles. The van der Waals surface area contributed by atoms with Crippen LogP contribution in [0.5, 0.6) is 0 Å². The summed E-state index contributed by atoms with van der Waals surface area (Å²) in [5, 5.41) is 0. The van der Waals surface area contributed by atoms with Gasteiger partial charge in [0.15, 0.2) is 0 Å². The van der Waals surface area contributed by atoms with E-state index in [-0.39, 0.29) is 17.6 Å². The highest BCUT2D eigenvalue weighted by molar-refractivity contribution is 7.89. The lowest BCUT2D eigenvalue weighted by atomic mass is 9.96. The lowest BCUT2D eigenvalue weighted by molar-refractivity contribution is -0.137. The maximum absolute atomic E-state index is 14.1. The van der Waals surface area contributed by atoms with Crippen LogP contribution in [0, 0.1) is 32.5 Å². The zero-order valence-electron chi connectivity index (χ0n) is 19.6. The minimum Gasteiger partial charge on any atom is -0.366 e. The first kappa shape index (κ1) is 23.7. The summed E-state index contributed by atoms with van der Waals surface area (Å²) in [6, 6.07) is 10.5. The summed E-state index contributed by atoms with van der Waals surface area (Å²) >= 11 is 0. The van der Waals surface area contributed by atoms with Gasteiger partial charge in [-0.25, -0.2) is 12.8 Å². The number of aryl methyl sites for hydroxylation is 3. The number of amides is 1.